The van der Waals surface area contributed by atoms with E-state index >= 15 is 0 Å². The SMILES string of the molecule is Cl.O=C1NC(C(F)(F)F)CCC1C(=O)N1CCCNCC1. The number of carbonyl (C=O) groups is 2. The van der Waals surface area contributed by atoms with Gasteiger partial charge in [0.25, 0.3) is 0 Å². The van der Waals surface area contributed by atoms with E-state index in [1.54, 1.807) is 4.90 Å². The summed E-state index contributed by atoms with van der Waals surface area (Å²) in [6, 6.07) is -1.83. The Morgan fingerprint density at radius 2 is 1.90 bits per heavy atom. The van der Waals surface area contributed by atoms with E-state index in [4.69, 9.17) is 0 Å². The number of piperidine rings is 1. The highest BCUT2D eigenvalue weighted by Crippen LogP contribution is 2.29. The fraction of sp³-hybridized carbons (Fsp3) is 0.833. The Hall–Kier alpha value is -1.02. The van der Waals surface area contributed by atoms with Crippen molar-refractivity contribution in [3.8, 4) is 0 Å². The Bertz CT molecular complexity index is 384. The van der Waals surface area contributed by atoms with Gasteiger partial charge >= 0.3 is 6.18 Å². The predicted octanol–water partition coefficient (Wildman–Crippen LogP) is 0.687. The van der Waals surface area contributed by atoms with Gasteiger partial charge in [-0.05, 0) is 25.8 Å². The molecule has 9 heteroatoms. The Morgan fingerprint density at radius 3 is 2.52 bits per heavy atom. The van der Waals surface area contributed by atoms with Crippen LogP contribution >= 0.6 is 12.4 Å². The van der Waals surface area contributed by atoms with Crippen molar-refractivity contribution in [2.75, 3.05) is 26.2 Å². The minimum atomic E-state index is -4.45. The van der Waals surface area contributed by atoms with E-state index in [9.17, 15) is 22.8 Å². The topological polar surface area (TPSA) is 61.4 Å². The number of nitrogens with zero attached hydrogens (tertiary/aromatic N) is 1. The van der Waals surface area contributed by atoms with Crippen LogP contribution in [0.25, 0.3) is 0 Å². The fourth-order valence-electron chi connectivity index (χ4n) is 2.58. The molecule has 2 saturated heterocycles. The first-order chi connectivity index (χ1) is 9.39. The molecule has 2 heterocycles. The highest BCUT2D eigenvalue weighted by Gasteiger charge is 2.46. The molecule has 2 rings (SSSR count). The number of alkyl halides is 3. The first-order valence-corrected chi connectivity index (χ1v) is 6.76. The summed E-state index contributed by atoms with van der Waals surface area (Å²) in [5, 5.41) is 5.04. The first-order valence-electron chi connectivity index (χ1n) is 6.76. The van der Waals surface area contributed by atoms with Crippen molar-refractivity contribution < 1.29 is 22.8 Å². The van der Waals surface area contributed by atoms with Gasteiger partial charge in [-0.15, -0.1) is 12.4 Å². The Labute approximate surface area is 127 Å². The van der Waals surface area contributed by atoms with Crippen LogP contribution in [0.15, 0.2) is 0 Å². The molecule has 5 nitrogen and oxygen atoms in total. The van der Waals surface area contributed by atoms with Gasteiger partial charge in [-0.1, -0.05) is 0 Å². The lowest BCUT2D eigenvalue weighted by molar-refractivity contribution is -0.172. The molecule has 2 aliphatic heterocycles. The molecular formula is C12H19ClF3N3O2. The molecular weight excluding hydrogens is 311 g/mol. The third-order valence-electron chi connectivity index (χ3n) is 3.72. The second-order valence-electron chi connectivity index (χ2n) is 5.16. The quantitative estimate of drug-likeness (QED) is 0.696. The molecule has 2 atom stereocenters. The average Bonchev–Trinajstić information content (AvgIpc) is 2.65. The van der Waals surface area contributed by atoms with Crippen LogP contribution in [-0.4, -0.2) is 55.1 Å². The molecule has 0 bridgehead atoms. The van der Waals surface area contributed by atoms with Gasteiger partial charge in [0.2, 0.25) is 11.8 Å². The van der Waals surface area contributed by atoms with E-state index in [-0.39, 0.29) is 31.2 Å². The maximum Gasteiger partial charge on any atom is 0.408 e. The molecule has 2 amide bonds. The van der Waals surface area contributed by atoms with E-state index in [1.807, 2.05) is 5.32 Å². The number of amides is 2. The van der Waals surface area contributed by atoms with Crippen LogP contribution < -0.4 is 10.6 Å². The summed E-state index contributed by atoms with van der Waals surface area (Å²) < 4.78 is 37.6. The van der Waals surface area contributed by atoms with Crippen molar-refractivity contribution in [3.63, 3.8) is 0 Å². The summed E-state index contributed by atoms with van der Waals surface area (Å²) in [5.74, 6) is -2.14. The molecule has 2 aliphatic rings. The highest BCUT2D eigenvalue weighted by atomic mass is 35.5. The third kappa shape index (κ3) is 4.47. The number of nitrogens with one attached hydrogen (secondary N) is 2. The average molecular weight is 330 g/mol. The van der Waals surface area contributed by atoms with Gasteiger partial charge in [-0.3, -0.25) is 9.59 Å². The lowest BCUT2D eigenvalue weighted by Gasteiger charge is -2.32. The number of hydrogen-bond acceptors (Lipinski definition) is 3. The largest absolute Gasteiger partial charge is 0.408 e. The van der Waals surface area contributed by atoms with Crippen LogP contribution in [0.2, 0.25) is 0 Å². The van der Waals surface area contributed by atoms with E-state index in [0.29, 0.717) is 19.6 Å². The summed E-state index contributed by atoms with van der Waals surface area (Å²) in [6.45, 7) is 2.48. The van der Waals surface area contributed by atoms with Crippen molar-refractivity contribution in [3.05, 3.63) is 0 Å². The highest BCUT2D eigenvalue weighted by molar-refractivity contribution is 6.00. The fourth-order valence-corrected chi connectivity index (χ4v) is 2.58. The lowest BCUT2D eigenvalue weighted by atomic mass is 9.92. The smallest absolute Gasteiger partial charge is 0.344 e. The molecule has 2 fully saturated rings. The molecule has 2 N–H and O–H groups in total. The van der Waals surface area contributed by atoms with Crippen LogP contribution in [-0.2, 0) is 9.59 Å². The third-order valence-corrected chi connectivity index (χ3v) is 3.72. The Kier molecular flexibility index (Phi) is 6.27. The van der Waals surface area contributed by atoms with Gasteiger partial charge in [-0.2, -0.15) is 13.2 Å². The van der Waals surface area contributed by atoms with Crippen LogP contribution in [0.5, 0.6) is 0 Å². The zero-order valence-electron chi connectivity index (χ0n) is 11.4. The number of hydrogen-bond donors (Lipinski definition) is 2. The normalized spacial score (nSPS) is 27.4. The van der Waals surface area contributed by atoms with Gasteiger partial charge in [0.15, 0.2) is 0 Å². The van der Waals surface area contributed by atoms with E-state index < -0.39 is 24.0 Å². The van der Waals surface area contributed by atoms with Gasteiger partial charge in [0, 0.05) is 19.6 Å². The molecule has 0 aromatic rings. The van der Waals surface area contributed by atoms with E-state index in [1.165, 1.54) is 0 Å². The van der Waals surface area contributed by atoms with Crippen molar-refractivity contribution >= 4 is 24.2 Å². The summed E-state index contributed by atoms with van der Waals surface area (Å²) in [4.78, 5) is 25.5. The molecule has 2 unspecified atom stereocenters. The lowest BCUT2D eigenvalue weighted by Crippen LogP contribution is -2.55. The summed E-state index contributed by atoms with van der Waals surface area (Å²) >= 11 is 0. The van der Waals surface area contributed by atoms with Crippen LogP contribution in [0.4, 0.5) is 13.2 Å². The molecule has 0 aliphatic carbocycles. The molecule has 0 radical (unpaired) electrons. The van der Waals surface area contributed by atoms with Crippen LogP contribution in [0, 0.1) is 5.92 Å². The second-order valence-corrected chi connectivity index (χ2v) is 5.16. The predicted molar refractivity (Wildman–Crippen MR) is 72.0 cm³/mol. The summed E-state index contributed by atoms with van der Waals surface area (Å²) in [7, 11) is 0. The molecule has 21 heavy (non-hydrogen) atoms. The molecule has 0 aromatic carbocycles. The number of carbonyl (C=O) groups excluding carboxylic acids is 2. The van der Waals surface area contributed by atoms with Crippen molar-refractivity contribution in [1.29, 1.82) is 0 Å². The zero-order chi connectivity index (χ0) is 14.8. The minimum Gasteiger partial charge on any atom is -0.344 e. The maximum atomic E-state index is 12.5. The molecule has 122 valence electrons. The monoisotopic (exact) mass is 329 g/mol. The van der Waals surface area contributed by atoms with Gasteiger partial charge in [-0.25, -0.2) is 0 Å². The standard InChI is InChI=1S/C12H18F3N3O2.ClH/c13-12(14,15)9-3-2-8(10(19)17-9)11(20)18-6-1-4-16-5-7-18;/h8-9,16H,1-7H2,(H,17,19);1H. The molecule has 0 aromatic heterocycles. The van der Waals surface area contributed by atoms with Crippen LogP contribution in [0.1, 0.15) is 19.3 Å². The Morgan fingerprint density at radius 1 is 1.19 bits per heavy atom. The number of halogens is 4. The number of rotatable bonds is 1. The van der Waals surface area contributed by atoms with Gasteiger partial charge in [0.1, 0.15) is 12.0 Å². The van der Waals surface area contributed by atoms with E-state index in [2.05, 4.69) is 5.32 Å². The van der Waals surface area contributed by atoms with E-state index in [0.717, 1.165) is 13.0 Å². The maximum absolute atomic E-state index is 12.5. The first kappa shape index (κ1) is 18.0. The van der Waals surface area contributed by atoms with Gasteiger partial charge < -0.3 is 15.5 Å². The van der Waals surface area contributed by atoms with Gasteiger partial charge in [0.05, 0.1) is 0 Å². The second kappa shape index (κ2) is 7.31. The summed E-state index contributed by atoms with van der Waals surface area (Å²) in [5.41, 5.74) is 0. The summed E-state index contributed by atoms with van der Waals surface area (Å²) in [6.07, 6.45) is -3.95. The minimum absolute atomic E-state index is 0. The van der Waals surface area contributed by atoms with Crippen molar-refractivity contribution in [2.45, 2.75) is 31.5 Å². The van der Waals surface area contributed by atoms with Crippen molar-refractivity contribution in [2.24, 2.45) is 5.92 Å². The molecule has 0 saturated carbocycles. The zero-order valence-corrected chi connectivity index (χ0v) is 12.2. The Balaban J connectivity index is 0.00000220. The molecule has 0 spiro atoms. The van der Waals surface area contributed by atoms with Crippen molar-refractivity contribution in [1.82, 2.24) is 15.5 Å². The van der Waals surface area contributed by atoms with Crippen LogP contribution in [0.3, 0.4) is 0 Å².